The van der Waals surface area contributed by atoms with Gasteiger partial charge in [-0.15, -0.1) is 12.4 Å². The maximum Gasteiger partial charge on any atom is 0.250 e. The Labute approximate surface area is 170 Å². The fourth-order valence-corrected chi connectivity index (χ4v) is 2.98. The van der Waals surface area contributed by atoms with Crippen LogP contribution in [0.5, 0.6) is 5.88 Å². The van der Waals surface area contributed by atoms with E-state index in [1.54, 1.807) is 18.3 Å². The Hall–Kier alpha value is -2.64. The van der Waals surface area contributed by atoms with E-state index in [-0.39, 0.29) is 12.4 Å². The zero-order valence-electron chi connectivity index (χ0n) is 16.1. The van der Waals surface area contributed by atoms with Gasteiger partial charge < -0.3 is 20.4 Å². The zero-order valence-corrected chi connectivity index (χ0v) is 17.0. The topological polar surface area (TPSA) is 97.1 Å². The van der Waals surface area contributed by atoms with Crippen LogP contribution in [0.25, 0.3) is 22.4 Å². The van der Waals surface area contributed by atoms with E-state index < -0.39 is 5.91 Å². The maximum absolute atomic E-state index is 11.5. The van der Waals surface area contributed by atoms with E-state index in [0.717, 1.165) is 37.1 Å². The number of pyridine rings is 1. The fourth-order valence-electron chi connectivity index (χ4n) is 2.98. The number of para-hydroxylation sites is 1. The third-order valence-corrected chi connectivity index (χ3v) is 4.55. The lowest BCUT2D eigenvalue weighted by Crippen LogP contribution is -2.25. The van der Waals surface area contributed by atoms with Crippen LogP contribution in [0.3, 0.4) is 0 Å². The maximum atomic E-state index is 11.5. The van der Waals surface area contributed by atoms with Crippen molar-refractivity contribution in [1.29, 1.82) is 0 Å². The Morgan fingerprint density at radius 1 is 1.21 bits per heavy atom. The number of hydrogen-bond acceptors (Lipinski definition) is 5. The highest BCUT2D eigenvalue weighted by atomic mass is 35.5. The number of nitrogens with one attached hydrogen (secondary N) is 1. The van der Waals surface area contributed by atoms with E-state index in [2.05, 4.69) is 33.7 Å². The van der Waals surface area contributed by atoms with Crippen LogP contribution in [-0.2, 0) is 0 Å². The van der Waals surface area contributed by atoms with Gasteiger partial charge >= 0.3 is 0 Å². The molecule has 0 aliphatic rings. The Balaban J connectivity index is 0.00000280. The molecule has 0 saturated carbocycles. The van der Waals surface area contributed by atoms with Gasteiger partial charge in [0.2, 0.25) is 5.88 Å². The van der Waals surface area contributed by atoms with Crippen molar-refractivity contribution in [1.82, 2.24) is 19.9 Å². The quantitative estimate of drug-likeness (QED) is 0.534. The minimum atomic E-state index is -0.495. The molecule has 2 heterocycles. The first-order chi connectivity index (χ1) is 13.1. The molecule has 2 aromatic heterocycles. The van der Waals surface area contributed by atoms with E-state index in [4.69, 9.17) is 10.5 Å². The first-order valence-electron chi connectivity index (χ1n) is 9.22. The van der Waals surface area contributed by atoms with Gasteiger partial charge in [0.1, 0.15) is 11.3 Å². The van der Waals surface area contributed by atoms with E-state index in [9.17, 15) is 4.79 Å². The van der Waals surface area contributed by atoms with Crippen molar-refractivity contribution in [3.05, 3.63) is 42.1 Å². The second-order valence-corrected chi connectivity index (χ2v) is 6.27. The van der Waals surface area contributed by atoms with Gasteiger partial charge in [0.25, 0.3) is 5.91 Å². The molecular formula is C20H26ClN5O2. The molecular weight excluding hydrogens is 378 g/mol. The van der Waals surface area contributed by atoms with Gasteiger partial charge in [-0.1, -0.05) is 19.9 Å². The molecule has 0 aliphatic carbocycles. The number of rotatable bonds is 9. The molecule has 0 saturated heterocycles. The molecule has 0 fully saturated rings. The summed E-state index contributed by atoms with van der Waals surface area (Å²) in [4.78, 5) is 26.0. The number of halogens is 1. The molecule has 3 rings (SSSR count). The number of nitrogens with zero attached hydrogens (tertiary/aromatic N) is 3. The van der Waals surface area contributed by atoms with Crippen LogP contribution in [0.15, 0.2) is 36.5 Å². The van der Waals surface area contributed by atoms with Crippen LogP contribution in [-0.4, -0.2) is 52.0 Å². The molecule has 3 N–H and O–H groups in total. The number of aromatic nitrogens is 3. The highest BCUT2D eigenvalue weighted by molar-refractivity contribution is 6.04. The predicted molar refractivity (Wildman–Crippen MR) is 113 cm³/mol. The smallest absolute Gasteiger partial charge is 0.250 e. The van der Waals surface area contributed by atoms with Crippen molar-refractivity contribution in [2.45, 2.75) is 20.3 Å². The summed E-state index contributed by atoms with van der Waals surface area (Å²) in [5.41, 5.74) is 7.96. The number of primary amides is 1. The summed E-state index contributed by atoms with van der Waals surface area (Å²) in [5.74, 6) is 0.733. The van der Waals surface area contributed by atoms with Crippen molar-refractivity contribution in [2.24, 2.45) is 5.73 Å². The normalized spacial score (nSPS) is 10.8. The second-order valence-electron chi connectivity index (χ2n) is 6.27. The number of nitrogens with two attached hydrogens (primary N) is 1. The van der Waals surface area contributed by atoms with Gasteiger partial charge in [-0.25, -0.2) is 9.97 Å². The molecule has 7 nitrogen and oxygen atoms in total. The lowest BCUT2D eigenvalue weighted by molar-refractivity contribution is 0.100. The standard InChI is InChI=1S/C20H25N5O2.ClH/c1-3-25(4-2)11-6-12-27-17-10-9-14(13-22-17)20-23-16-8-5-7-15(19(21)26)18(16)24-20;/h5,7-10,13H,3-4,6,11-12H2,1-2H3,(H2,21,26)(H,23,24);1H. The first kappa shape index (κ1) is 21.7. The van der Waals surface area contributed by atoms with Gasteiger partial charge in [0.15, 0.2) is 0 Å². The van der Waals surface area contributed by atoms with Gasteiger partial charge in [-0.2, -0.15) is 0 Å². The number of H-pyrrole nitrogens is 1. The zero-order chi connectivity index (χ0) is 19.2. The van der Waals surface area contributed by atoms with Crippen LogP contribution in [0, 0.1) is 0 Å². The average Bonchev–Trinajstić information content (AvgIpc) is 3.12. The van der Waals surface area contributed by atoms with Crippen molar-refractivity contribution in [3.8, 4) is 17.3 Å². The Bertz CT molecular complexity index is 907. The number of ether oxygens (including phenoxy) is 1. The Kier molecular flexibility index (Phi) is 7.78. The molecule has 3 aromatic rings. The number of carbonyl (C=O) groups is 1. The summed E-state index contributed by atoms with van der Waals surface area (Å²) in [6, 6.07) is 9.03. The summed E-state index contributed by atoms with van der Waals surface area (Å²) in [6.45, 7) is 8.09. The molecule has 1 amide bonds. The molecule has 28 heavy (non-hydrogen) atoms. The second kappa shape index (κ2) is 10.1. The molecule has 0 aliphatic heterocycles. The van der Waals surface area contributed by atoms with Crippen LogP contribution < -0.4 is 10.5 Å². The summed E-state index contributed by atoms with van der Waals surface area (Å²) in [7, 11) is 0. The van der Waals surface area contributed by atoms with Crippen LogP contribution >= 0.6 is 12.4 Å². The van der Waals surface area contributed by atoms with Gasteiger partial charge in [0, 0.05) is 24.4 Å². The number of amides is 1. The van der Waals surface area contributed by atoms with Crippen LogP contribution in [0.1, 0.15) is 30.6 Å². The van der Waals surface area contributed by atoms with E-state index in [0.29, 0.717) is 29.4 Å². The number of aromatic amines is 1. The van der Waals surface area contributed by atoms with Crippen molar-refractivity contribution >= 4 is 29.3 Å². The van der Waals surface area contributed by atoms with E-state index in [1.165, 1.54) is 0 Å². The molecule has 150 valence electrons. The van der Waals surface area contributed by atoms with Crippen molar-refractivity contribution in [3.63, 3.8) is 0 Å². The fraction of sp³-hybridized carbons (Fsp3) is 0.350. The van der Waals surface area contributed by atoms with Crippen LogP contribution in [0.4, 0.5) is 0 Å². The average molecular weight is 404 g/mol. The molecule has 0 radical (unpaired) electrons. The Morgan fingerprint density at radius 3 is 2.64 bits per heavy atom. The summed E-state index contributed by atoms with van der Waals surface area (Å²) >= 11 is 0. The largest absolute Gasteiger partial charge is 0.478 e. The number of benzene rings is 1. The molecule has 8 heteroatoms. The Morgan fingerprint density at radius 2 is 2.00 bits per heavy atom. The number of carbonyl (C=O) groups excluding carboxylic acids is 1. The lowest BCUT2D eigenvalue weighted by atomic mass is 10.2. The monoisotopic (exact) mass is 403 g/mol. The van der Waals surface area contributed by atoms with Crippen LogP contribution in [0.2, 0.25) is 0 Å². The number of fused-ring (bicyclic) bond motifs is 1. The summed E-state index contributed by atoms with van der Waals surface area (Å²) in [5, 5.41) is 0. The van der Waals surface area contributed by atoms with Gasteiger partial charge in [-0.3, -0.25) is 4.79 Å². The summed E-state index contributed by atoms with van der Waals surface area (Å²) < 4.78 is 5.72. The minimum absolute atomic E-state index is 0. The SMILES string of the molecule is CCN(CC)CCCOc1ccc(-c2nc3c(C(N)=O)cccc3[nH]2)cn1.Cl. The third kappa shape index (κ3) is 4.99. The molecule has 1 aromatic carbocycles. The van der Waals surface area contributed by atoms with E-state index in [1.807, 2.05) is 18.2 Å². The molecule has 0 bridgehead atoms. The number of imidazole rings is 1. The number of hydrogen-bond donors (Lipinski definition) is 2. The van der Waals surface area contributed by atoms with E-state index >= 15 is 0 Å². The van der Waals surface area contributed by atoms with Gasteiger partial charge in [0.05, 0.1) is 17.7 Å². The molecule has 0 unspecified atom stereocenters. The molecule has 0 atom stereocenters. The highest BCUT2D eigenvalue weighted by Gasteiger charge is 2.12. The van der Waals surface area contributed by atoms with Crippen molar-refractivity contribution < 1.29 is 9.53 Å². The summed E-state index contributed by atoms with van der Waals surface area (Å²) in [6.07, 6.45) is 2.67. The third-order valence-electron chi connectivity index (χ3n) is 4.55. The lowest BCUT2D eigenvalue weighted by Gasteiger charge is -2.17. The predicted octanol–water partition coefficient (Wildman–Crippen LogP) is 3.26. The first-order valence-corrected chi connectivity index (χ1v) is 9.22. The van der Waals surface area contributed by atoms with Gasteiger partial charge in [-0.05, 0) is 37.7 Å². The van der Waals surface area contributed by atoms with Crippen molar-refractivity contribution in [2.75, 3.05) is 26.2 Å². The minimum Gasteiger partial charge on any atom is -0.478 e. The molecule has 0 spiro atoms. The highest BCUT2D eigenvalue weighted by Crippen LogP contribution is 2.23.